The van der Waals surface area contributed by atoms with Gasteiger partial charge in [-0.2, -0.15) is 0 Å². The molecule has 0 bridgehead atoms. The zero-order chi connectivity index (χ0) is 15.4. The van der Waals surface area contributed by atoms with Crippen molar-refractivity contribution in [1.29, 1.82) is 0 Å². The van der Waals surface area contributed by atoms with Crippen LogP contribution < -0.4 is 4.90 Å². The van der Waals surface area contributed by atoms with Gasteiger partial charge < -0.3 is 10.0 Å². The van der Waals surface area contributed by atoms with Gasteiger partial charge in [-0.1, -0.05) is 41.6 Å². The number of aliphatic carboxylic acids is 1. The summed E-state index contributed by atoms with van der Waals surface area (Å²) in [6.07, 6.45) is 0. The van der Waals surface area contributed by atoms with E-state index >= 15 is 0 Å². The molecule has 112 valence electrons. The topological polar surface area (TPSA) is 71.2 Å². The number of carboxylic acids is 1. The van der Waals surface area contributed by atoms with Crippen LogP contribution in [0.5, 0.6) is 0 Å². The third-order valence-corrected chi connectivity index (χ3v) is 3.99. The second kappa shape index (κ2) is 6.62. The highest BCUT2D eigenvalue weighted by Crippen LogP contribution is 2.20. The van der Waals surface area contributed by atoms with Gasteiger partial charge in [0.1, 0.15) is 0 Å². The van der Waals surface area contributed by atoms with E-state index in [2.05, 4.69) is 35.3 Å². The highest BCUT2D eigenvalue weighted by Gasteiger charge is 2.14. The lowest BCUT2D eigenvalue weighted by Gasteiger charge is -2.18. The van der Waals surface area contributed by atoms with Crippen LogP contribution in [0.3, 0.4) is 0 Å². The number of anilines is 1. The predicted molar refractivity (Wildman–Crippen MR) is 82.6 cm³/mol. The van der Waals surface area contributed by atoms with E-state index in [1.165, 1.54) is 22.9 Å². The number of hydrogen-bond acceptors (Lipinski definition) is 5. The summed E-state index contributed by atoms with van der Waals surface area (Å²) in [7, 11) is 3.78. The van der Waals surface area contributed by atoms with Gasteiger partial charge >= 0.3 is 5.97 Å². The second-order valence-electron chi connectivity index (χ2n) is 4.87. The van der Waals surface area contributed by atoms with Crippen molar-refractivity contribution >= 4 is 23.7 Å². The third kappa shape index (κ3) is 3.98. The molecule has 21 heavy (non-hydrogen) atoms. The Balaban J connectivity index is 2.09. The van der Waals surface area contributed by atoms with Crippen LogP contribution in [0.1, 0.15) is 11.1 Å². The fraction of sp³-hybridized carbons (Fsp3) is 0.357. The molecule has 0 unspecified atom stereocenters. The normalized spacial score (nSPS) is 10.6. The van der Waals surface area contributed by atoms with E-state index in [9.17, 15) is 4.79 Å². The molecule has 0 amide bonds. The van der Waals surface area contributed by atoms with Crippen molar-refractivity contribution in [3.63, 3.8) is 0 Å². The van der Waals surface area contributed by atoms with Crippen molar-refractivity contribution in [1.82, 2.24) is 14.8 Å². The number of carboxylic acid groups (broad SMARTS) is 1. The largest absolute Gasteiger partial charge is 0.481 e. The quantitative estimate of drug-likeness (QED) is 0.822. The van der Waals surface area contributed by atoms with E-state index in [4.69, 9.17) is 5.11 Å². The molecule has 2 aromatic rings. The Morgan fingerprint density at radius 3 is 2.86 bits per heavy atom. The zero-order valence-electron chi connectivity index (χ0n) is 12.3. The maximum atomic E-state index is 10.6. The van der Waals surface area contributed by atoms with Gasteiger partial charge in [-0.25, -0.2) is 0 Å². The van der Waals surface area contributed by atoms with E-state index in [1.807, 2.05) is 29.6 Å². The molecule has 0 aliphatic rings. The Morgan fingerprint density at radius 1 is 1.43 bits per heavy atom. The van der Waals surface area contributed by atoms with E-state index in [-0.39, 0.29) is 5.75 Å². The lowest BCUT2D eigenvalue weighted by Crippen LogP contribution is -2.20. The van der Waals surface area contributed by atoms with Gasteiger partial charge in [-0.05, 0) is 12.5 Å². The first-order valence-corrected chi connectivity index (χ1v) is 7.46. The molecule has 2 rings (SSSR count). The number of nitrogens with zero attached hydrogens (tertiary/aromatic N) is 4. The molecule has 6 nitrogen and oxygen atoms in total. The minimum atomic E-state index is -0.863. The zero-order valence-corrected chi connectivity index (χ0v) is 13.1. The molecule has 0 aliphatic heterocycles. The Morgan fingerprint density at radius 2 is 2.19 bits per heavy atom. The molecule has 0 saturated heterocycles. The molecule has 1 heterocycles. The summed E-state index contributed by atoms with van der Waals surface area (Å²) in [5.41, 5.74) is 2.41. The molecule has 0 fully saturated rings. The van der Waals surface area contributed by atoms with Crippen LogP contribution in [0.15, 0.2) is 29.4 Å². The molecule has 1 aromatic carbocycles. The van der Waals surface area contributed by atoms with Crippen molar-refractivity contribution in [2.45, 2.75) is 18.6 Å². The Labute approximate surface area is 127 Å². The van der Waals surface area contributed by atoms with Crippen LogP contribution >= 0.6 is 11.8 Å². The average molecular weight is 306 g/mol. The summed E-state index contributed by atoms with van der Waals surface area (Å²) in [5, 5.41) is 17.5. The van der Waals surface area contributed by atoms with Gasteiger partial charge in [0.25, 0.3) is 0 Å². The van der Waals surface area contributed by atoms with Gasteiger partial charge in [0, 0.05) is 20.6 Å². The van der Waals surface area contributed by atoms with Crippen LogP contribution in [0, 0.1) is 6.92 Å². The highest BCUT2D eigenvalue weighted by atomic mass is 32.2. The smallest absolute Gasteiger partial charge is 0.313 e. The first-order chi connectivity index (χ1) is 9.97. The summed E-state index contributed by atoms with van der Waals surface area (Å²) in [6.45, 7) is 2.78. The van der Waals surface area contributed by atoms with Crippen LogP contribution in [0.2, 0.25) is 0 Å². The van der Waals surface area contributed by atoms with Gasteiger partial charge in [-0.15, -0.1) is 10.2 Å². The molecule has 0 atom stereocenters. The number of hydrogen-bond donors (Lipinski definition) is 1. The van der Waals surface area contributed by atoms with E-state index < -0.39 is 5.97 Å². The molecule has 0 aliphatic carbocycles. The second-order valence-corrected chi connectivity index (χ2v) is 5.81. The number of rotatable bonds is 6. The predicted octanol–water partition coefficient (Wildman–Crippen LogP) is 1.94. The number of carbonyl (C=O) groups is 1. The molecule has 0 spiro atoms. The van der Waals surface area contributed by atoms with Crippen molar-refractivity contribution in [3.05, 3.63) is 35.4 Å². The first-order valence-electron chi connectivity index (χ1n) is 6.48. The molecule has 0 radical (unpaired) electrons. The Bertz CT molecular complexity index is 642. The van der Waals surface area contributed by atoms with Gasteiger partial charge in [0.15, 0.2) is 5.16 Å². The monoisotopic (exact) mass is 306 g/mol. The van der Waals surface area contributed by atoms with Crippen LogP contribution in [-0.4, -0.2) is 38.6 Å². The van der Waals surface area contributed by atoms with Crippen molar-refractivity contribution in [2.24, 2.45) is 7.05 Å². The molecular weight excluding hydrogens is 288 g/mol. The number of aromatic nitrogens is 3. The third-order valence-electron chi connectivity index (χ3n) is 2.98. The van der Waals surface area contributed by atoms with E-state index in [0.29, 0.717) is 11.1 Å². The summed E-state index contributed by atoms with van der Waals surface area (Å²) < 4.78 is 1.81. The fourth-order valence-electron chi connectivity index (χ4n) is 2.05. The fourth-order valence-corrected chi connectivity index (χ4v) is 2.67. The SMILES string of the molecule is Cc1cccc(CN(C)c2nnc(SCC(=O)O)n2C)c1. The number of aryl methyl sites for hydroxylation is 1. The van der Waals surface area contributed by atoms with Crippen molar-refractivity contribution in [2.75, 3.05) is 17.7 Å². The molecule has 1 aromatic heterocycles. The van der Waals surface area contributed by atoms with Crippen molar-refractivity contribution in [3.8, 4) is 0 Å². The van der Waals surface area contributed by atoms with Gasteiger partial charge in [0.05, 0.1) is 5.75 Å². The number of benzene rings is 1. The Kier molecular flexibility index (Phi) is 4.85. The summed E-state index contributed by atoms with van der Waals surface area (Å²) >= 11 is 1.17. The standard InChI is InChI=1S/C14H18N4O2S/c1-10-5-4-6-11(7-10)8-17(2)13-15-16-14(18(13)3)21-9-12(19)20/h4-7H,8-9H2,1-3H3,(H,19,20). The lowest BCUT2D eigenvalue weighted by atomic mass is 10.1. The lowest BCUT2D eigenvalue weighted by molar-refractivity contribution is -0.133. The minimum Gasteiger partial charge on any atom is -0.481 e. The maximum Gasteiger partial charge on any atom is 0.313 e. The Hall–Kier alpha value is -2.02. The highest BCUT2D eigenvalue weighted by molar-refractivity contribution is 7.99. The first kappa shape index (κ1) is 15.4. The average Bonchev–Trinajstić information content (AvgIpc) is 2.77. The van der Waals surface area contributed by atoms with E-state index in [0.717, 1.165) is 6.54 Å². The summed E-state index contributed by atoms with van der Waals surface area (Å²) in [6, 6.07) is 8.29. The number of thioether (sulfide) groups is 1. The van der Waals surface area contributed by atoms with Gasteiger partial charge in [0.2, 0.25) is 5.95 Å². The van der Waals surface area contributed by atoms with Crippen molar-refractivity contribution < 1.29 is 9.90 Å². The van der Waals surface area contributed by atoms with Crippen LogP contribution in [0.25, 0.3) is 0 Å². The molecule has 1 N–H and O–H groups in total. The van der Waals surface area contributed by atoms with Crippen LogP contribution in [0.4, 0.5) is 5.95 Å². The molecule has 7 heteroatoms. The van der Waals surface area contributed by atoms with Crippen LogP contribution in [-0.2, 0) is 18.4 Å². The summed E-state index contributed by atoms with van der Waals surface area (Å²) in [4.78, 5) is 12.6. The van der Waals surface area contributed by atoms with Gasteiger partial charge in [-0.3, -0.25) is 9.36 Å². The van der Waals surface area contributed by atoms with E-state index in [1.54, 1.807) is 0 Å². The minimum absolute atomic E-state index is 0.0203. The molecular formula is C14H18N4O2S. The maximum absolute atomic E-state index is 10.6. The summed E-state index contributed by atoms with van der Waals surface area (Å²) in [5.74, 6) is -0.171. The molecule has 0 saturated carbocycles.